The van der Waals surface area contributed by atoms with E-state index in [9.17, 15) is 4.79 Å². The zero-order chi connectivity index (χ0) is 21.1. The standard InChI is InChI=1S/C24H34N4OS/c1-26(2)22(17-30)24(29)28-14-13-27-16-20(19-11-7-4-8-12-19)25-23(27)21(28)15-18-9-5-3-6-10-18/h4,7-8,11-12,16,18,21-22,30H,3,5-6,9-10,13-15,17H2,1-2H3/t21-,22-/m0/s1. The first-order valence-corrected chi connectivity index (χ1v) is 11.9. The molecule has 2 aliphatic rings. The minimum absolute atomic E-state index is 0.0501. The molecular formula is C24H34N4OS. The Morgan fingerprint density at radius 2 is 1.90 bits per heavy atom. The summed E-state index contributed by atoms with van der Waals surface area (Å²) in [4.78, 5) is 22.7. The number of thiol groups is 1. The Hall–Kier alpha value is -1.79. The van der Waals surface area contributed by atoms with Gasteiger partial charge < -0.3 is 9.47 Å². The summed E-state index contributed by atoms with van der Waals surface area (Å²) in [6.07, 6.45) is 9.70. The normalized spacial score (nSPS) is 20.9. The molecule has 1 aromatic heterocycles. The summed E-state index contributed by atoms with van der Waals surface area (Å²) < 4.78 is 2.28. The third kappa shape index (κ3) is 4.45. The second-order valence-corrected chi connectivity index (χ2v) is 9.36. The first-order chi connectivity index (χ1) is 14.6. The van der Waals surface area contributed by atoms with Crippen LogP contribution in [0.15, 0.2) is 36.5 Å². The first-order valence-electron chi connectivity index (χ1n) is 11.3. The molecule has 5 nitrogen and oxygen atoms in total. The Labute approximate surface area is 185 Å². The number of carbonyl (C=O) groups excluding carboxylic acids is 1. The van der Waals surface area contributed by atoms with Gasteiger partial charge in [0, 0.05) is 30.6 Å². The predicted octanol–water partition coefficient (Wildman–Crippen LogP) is 4.26. The van der Waals surface area contributed by atoms with Crippen LogP contribution in [0.3, 0.4) is 0 Å². The van der Waals surface area contributed by atoms with Gasteiger partial charge in [-0.1, -0.05) is 62.4 Å². The number of benzene rings is 1. The van der Waals surface area contributed by atoms with E-state index in [0.717, 1.165) is 36.6 Å². The molecule has 1 fully saturated rings. The maximum absolute atomic E-state index is 13.5. The van der Waals surface area contributed by atoms with Gasteiger partial charge in [-0.25, -0.2) is 4.98 Å². The van der Waals surface area contributed by atoms with Crippen LogP contribution in [0.1, 0.15) is 50.4 Å². The molecular weight excluding hydrogens is 392 g/mol. The number of fused-ring (bicyclic) bond motifs is 1. The predicted molar refractivity (Wildman–Crippen MR) is 125 cm³/mol. The summed E-state index contributed by atoms with van der Waals surface area (Å²) in [5.41, 5.74) is 2.14. The van der Waals surface area contributed by atoms with E-state index < -0.39 is 0 Å². The maximum Gasteiger partial charge on any atom is 0.241 e. The summed E-state index contributed by atoms with van der Waals surface area (Å²) in [6, 6.07) is 10.2. The van der Waals surface area contributed by atoms with E-state index in [-0.39, 0.29) is 18.0 Å². The van der Waals surface area contributed by atoms with Gasteiger partial charge in [0.1, 0.15) is 5.82 Å². The van der Waals surface area contributed by atoms with Gasteiger partial charge in [0.2, 0.25) is 5.91 Å². The molecule has 1 aromatic carbocycles. The number of rotatable bonds is 6. The Balaban J connectivity index is 1.66. The minimum Gasteiger partial charge on any atom is -0.331 e. The highest BCUT2D eigenvalue weighted by Crippen LogP contribution is 2.38. The van der Waals surface area contributed by atoms with Crippen LogP contribution in [0, 0.1) is 5.92 Å². The topological polar surface area (TPSA) is 41.4 Å². The van der Waals surface area contributed by atoms with Crippen molar-refractivity contribution in [2.45, 2.75) is 57.2 Å². The molecule has 1 aliphatic carbocycles. The number of hydrogen-bond acceptors (Lipinski definition) is 4. The van der Waals surface area contributed by atoms with E-state index in [2.05, 4.69) is 52.6 Å². The van der Waals surface area contributed by atoms with E-state index in [1.54, 1.807) is 0 Å². The highest BCUT2D eigenvalue weighted by Gasteiger charge is 2.37. The van der Waals surface area contributed by atoms with Crippen molar-refractivity contribution in [1.82, 2.24) is 19.4 Å². The Bertz CT molecular complexity index is 844. The third-order valence-corrected chi connectivity index (χ3v) is 7.12. The van der Waals surface area contributed by atoms with Gasteiger partial charge in [-0.3, -0.25) is 9.69 Å². The fourth-order valence-electron chi connectivity index (χ4n) is 5.02. The largest absolute Gasteiger partial charge is 0.331 e. The zero-order valence-corrected chi connectivity index (χ0v) is 19.1. The Morgan fingerprint density at radius 3 is 2.57 bits per heavy atom. The van der Waals surface area contributed by atoms with E-state index in [1.807, 2.05) is 25.1 Å². The lowest BCUT2D eigenvalue weighted by molar-refractivity contribution is -0.139. The average molecular weight is 427 g/mol. The monoisotopic (exact) mass is 426 g/mol. The number of hydrogen-bond donors (Lipinski definition) is 1. The van der Waals surface area contributed by atoms with E-state index >= 15 is 0 Å². The van der Waals surface area contributed by atoms with Crippen molar-refractivity contribution < 1.29 is 4.79 Å². The Morgan fingerprint density at radius 1 is 1.17 bits per heavy atom. The van der Waals surface area contributed by atoms with Crippen molar-refractivity contribution in [1.29, 1.82) is 0 Å². The molecule has 6 heteroatoms. The molecule has 0 radical (unpaired) electrons. The molecule has 0 unspecified atom stereocenters. The maximum atomic E-state index is 13.5. The average Bonchev–Trinajstić information content (AvgIpc) is 3.20. The number of carbonyl (C=O) groups is 1. The molecule has 1 saturated carbocycles. The van der Waals surface area contributed by atoms with Crippen molar-refractivity contribution in [2.24, 2.45) is 5.92 Å². The first kappa shape index (κ1) is 21.4. The van der Waals surface area contributed by atoms with Crippen LogP contribution in [0.5, 0.6) is 0 Å². The van der Waals surface area contributed by atoms with Crippen molar-refractivity contribution in [3.05, 3.63) is 42.4 Å². The summed E-state index contributed by atoms with van der Waals surface area (Å²) in [7, 11) is 3.93. The zero-order valence-electron chi connectivity index (χ0n) is 18.2. The van der Waals surface area contributed by atoms with E-state index in [1.165, 1.54) is 32.1 Å². The molecule has 30 heavy (non-hydrogen) atoms. The number of amides is 1. The molecule has 0 saturated heterocycles. The summed E-state index contributed by atoms with van der Waals surface area (Å²) in [5, 5.41) is 0. The molecule has 1 aliphatic heterocycles. The van der Waals surface area contributed by atoms with Gasteiger partial charge >= 0.3 is 0 Å². The molecule has 2 aromatic rings. The lowest BCUT2D eigenvalue weighted by Crippen LogP contribution is -2.51. The summed E-state index contributed by atoms with van der Waals surface area (Å²) in [5.74, 6) is 2.45. The van der Waals surface area contributed by atoms with Crippen LogP contribution in [0.4, 0.5) is 0 Å². The van der Waals surface area contributed by atoms with Crippen molar-refractivity contribution in [3.63, 3.8) is 0 Å². The lowest BCUT2D eigenvalue weighted by Gasteiger charge is -2.40. The number of aromatic nitrogens is 2. The van der Waals surface area contributed by atoms with Gasteiger partial charge in [-0.15, -0.1) is 0 Å². The van der Waals surface area contributed by atoms with Crippen LogP contribution in [-0.4, -0.2) is 57.7 Å². The van der Waals surface area contributed by atoms with Gasteiger partial charge in [0.25, 0.3) is 0 Å². The minimum atomic E-state index is -0.197. The molecule has 1 amide bonds. The highest BCUT2D eigenvalue weighted by molar-refractivity contribution is 7.80. The van der Waals surface area contributed by atoms with Crippen molar-refractivity contribution in [3.8, 4) is 11.3 Å². The fraction of sp³-hybridized carbons (Fsp3) is 0.583. The summed E-state index contributed by atoms with van der Waals surface area (Å²) >= 11 is 4.47. The second kappa shape index (κ2) is 9.56. The van der Waals surface area contributed by atoms with Crippen molar-refractivity contribution >= 4 is 18.5 Å². The van der Waals surface area contributed by atoms with Gasteiger partial charge in [0.05, 0.1) is 17.8 Å². The van der Waals surface area contributed by atoms with E-state index in [0.29, 0.717) is 11.7 Å². The molecule has 0 bridgehead atoms. The van der Waals surface area contributed by atoms with Gasteiger partial charge in [0.15, 0.2) is 0 Å². The molecule has 2 atom stereocenters. The third-order valence-electron chi connectivity index (χ3n) is 6.78. The molecule has 4 rings (SSSR count). The van der Waals surface area contributed by atoms with Crippen LogP contribution < -0.4 is 0 Å². The SMILES string of the molecule is CN(C)[C@@H](CS)C(=O)N1CCn2cc(-c3ccccc3)nc2[C@@H]1CC1CCCCC1. The fourth-order valence-corrected chi connectivity index (χ4v) is 5.51. The number of likely N-dealkylation sites (N-methyl/N-ethyl adjacent to an activating group) is 1. The number of imidazole rings is 1. The van der Waals surface area contributed by atoms with Crippen LogP contribution in [0.2, 0.25) is 0 Å². The van der Waals surface area contributed by atoms with Crippen molar-refractivity contribution in [2.75, 3.05) is 26.4 Å². The summed E-state index contributed by atoms with van der Waals surface area (Å²) in [6.45, 7) is 1.54. The van der Waals surface area contributed by atoms with Crippen LogP contribution in [-0.2, 0) is 11.3 Å². The van der Waals surface area contributed by atoms with Crippen LogP contribution in [0.25, 0.3) is 11.3 Å². The highest BCUT2D eigenvalue weighted by atomic mass is 32.1. The number of nitrogens with zero attached hydrogens (tertiary/aromatic N) is 4. The molecule has 2 heterocycles. The van der Waals surface area contributed by atoms with Gasteiger partial charge in [-0.05, 0) is 26.4 Å². The molecule has 162 valence electrons. The Kier molecular flexibility index (Phi) is 6.84. The van der Waals surface area contributed by atoms with Gasteiger partial charge in [-0.2, -0.15) is 12.6 Å². The second-order valence-electron chi connectivity index (χ2n) is 8.99. The quantitative estimate of drug-likeness (QED) is 0.702. The smallest absolute Gasteiger partial charge is 0.241 e. The molecule has 0 spiro atoms. The van der Waals surface area contributed by atoms with Crippen LogP contribution >= 0.6 is 12.6 Å². The van der Waals surface area contributed by atoms with E-state index in [4.69, 9.17) is 4.98 Å². The molecule has 0 N–H and O–H groups in total. The lowest BCUT2D eigenvalue weighted by atomic mass is 9.84.